The van der Waals surface area contributed by atoms with Crippen LogP contribution >= 0.6 is 0 Å². The van der Waals surface area contributed by atoms with Gasteiger partial charge in [0.15, 0.2) is 0 Å². The molecule has 3 aromatic rings. The van der Waals surface area contributed by atoms with Crippen molar-refractivity contribution in [2.24, 2.45) is 5.73 Å². The zero-order chi connectivity index (χ0) is 20.8. The van der Waals surface area contributed by atoms with Crippen molar-refractivity contribution >= 4 is 5.91 Å². The van der Waals surface area contributed by atoms with Crippen molar-refractivity contribution in [2.75, 3.05) is 20.2 Å². The molecule has 1 aromatic heterocycles. The van der Waals surface area contributed by atoms with E-state index < -0.39 is 6.43 Å². The van der Waals surface area contributed by atoms with E-state index >= 15 is 0 Å². The lowest BCUT2D eigenvalue weighted by Gasteiger charge is -2.09. The predicted octanol–water partition coefficient (Wildman–Crippen LogP) is 3.10. The molecule has 0 atom stereocenters. The summed E-state index contributed by atoms with van der Waals surface area (Å²) in [5.41, 5.74) is 7.96. The van der Waals surface area contributed by atoms with Crippen LogP contribution in [-0.2, 0) is 11.2 Å². The third kappa shape index (κ3) is 4.97. The highest BCUT2D eigenvalue weighted by Gasteiger charge is 2.18. The van der Waals surface area contributed by atoms with Crippen LogP contribution in [0.2, 0.25) is 0 Å². The number of nitrogens with one attached hydrogen (secondary N) is 1. The van der Waals surface area contributed by atoms with Gasteiger partial charge >= 0.3 is 0 Å². The molecule has 0 saturated carbocycles. The second kappa shape index (κ2) is 9.29. The van der Waals surface area contributed by atoms with Crippen LogP contribution in [0.5, 0.6) is 5.75 Å². The highest BCUT2D eigenvalue weighted by molar-refractivity contribution is 5.77. The third-order valence-electron chi connectivity index (χ3n) is 4.44. The maximum atomic E-state index is 13.3. The van der Waals surface area contributed by atoms with Gasteiger partial charge in [0, 0.05) is 12.1 Å². The minimum atomic E-state index is -2.67. The number of ether oxygens (including phenoxy) is 1. The molecule has 8 heteroatoms. The Morgan fingerprint density at radius 1 is 1.17 bits per heavy atom. The number of hydrogen-bond acceptors (Lipinski definition) is 4. The van der Waals surface area contributed by atoms with Crippen LogP contribution in [-0.4, -0.2) is 35.9 Å². The summed E-state index contributed by atoms with van der Waals surface area (Å²) in [7, 11) is 1.56. The zero-order valence-electron chi connectivity index (χ0n) is 15.9. The van der Waals surface area contributed by atoms with Crippen LogP contribution in [0.1, 0.15) is 17.7 Å². The molecule has 152 valence electrons. The number of amides is 1. The van der Waals surface area contributed by atoms with E-state index in [9.17, 15) is 13.6 Å². The molecule has 0 aliphatic carbocycles. The van der Waals surface area contributed by atoms with Gasteiger partial charge in [-0.05, 0) is 42.3 Å². The topological polar surface area (TPSA) is 82.2 Å². The minimum Gasteiger partial charge on any atom is -0.497 e. The minimum absolute atomic E-state index is 0.0409. The van der Waals surface area contributed by atoms with Gasteiger partial charge in [0.2, 0.25) is 5.91 Å². The first kappa shape index (κ1) is 20.5. The molecule has 0 unspecified atom stereocenters. The zero-order valence-corrected chi connectivity index (χ0v) is 15.9. The number of aromatic nitrogens is 2. The monoisotopic (exact) mass is 400 g/mol. The summed E-state index contributed by atoms with van der Waals surface area (Å²) in [6.45, 7) is 0.440. The number of nitrogens with zero attached hydrogens (tertiary/aromatic N) is 2. The predicted molar refractivity (Wildman–Crippen MR) is 106 cm³/mol. The fourth-order valence-corrected chi connectivity index (χ4v) is 2.89. The molecule has 0 spiro atoms. The lowest BCUT2D eigenvalue weighted by molar-refractivity contribution is -0.119. The maximum absolute atomic E-state index is 13.3. The Hall–Kier alpha value is -3.26. The number of carbonyl (C=O) groups is 1. The van der Waals surface area contributed by atoms with Gasteiger partial charge < -0.3 is 15.8 Å². The molecular weight excluding hydrogens is 378 g/mol. The SMILES string of the molecule is COc1ccc(-n2nc(C(F)F)cc2-c2ccc(CCNC(=O)CN)cc2)cc1. The molecule has 29 heavy (non-hydrogen) atoms. The summed E-state index contributed by atoms with van der Waals surface area (Å²) in [6.07, 6.45) is -2.02. The van der Waals surface area contributed by atoms with E-state index in [0.717, 1.165) is 11.1 Å². The fraction of sp³-hybridized carbons (Fsp3) is 0.238. The van der Waals surface area contributed by atoms with Crippen molar-refractivity contribution in [3.05, 3.63) is 65.9 Å². The van der Waals surface area contributed by atoms with Crippen molar-refractivity contribution in [1.29, 1.82) is 0 Å². The Labute approximate surface area is 167 Å². The van der Waals surface area contributed by atoms with E-state index in [-0.39, 0.29) is 18.1 Å². The van der Waals surface area contributed by atoms with E-state index in [1.165, 1.54) is 10.7 Å². The Morgan fingerprint density at radius 2 is 1.86 bits per heavy atom. The van der Waals surface area contributed by atoms with Gasteiger partial charge in [-0.3, -0.25) is 4.79 Å². The molecule has 0 radical (unpaired) electrons. The lowest BCUT2D eigenvalue weighted by atomic mass is 10.1. The number of benzene rings is 2. The largest absolute Gasteiger partial charge is 0.497 e. The van der Waals surface area contributed by atoms with Crippen molar-refractivity contribution in [2.45, 2.75) is 12.8 Å². The van der Waals surface area contributed by atoms with Crippen LogP contribution in [0.15, 0.2) is 54.6 Å². The molecule has 0 aliphatic heterocycles. The summed E-state index contributed by atoms with van der Waals surface area (Å²) in [5.74, 6) is 0.465. The average Bonchev–Trinajstić information content (AvgIpc) is 3.20. The van der Waals surface area contributed by atoms with Gasteiger partial charge in [-0.15, -0.1) is 0 Å². The first-order chi connectivity index (χ1) is 14.0. The normalized spacial score (nSPS) is 10.9. The molecular formula is C21H22F2N4O2. The Bertz CT molecular complexity index is 954. The molecule has 0 fully saturated rings. The van der Waals surface area contributed by atoms with E-state index in [1.54, 1.807) is 31.4 Å². The number of alkyl halides is 2. The van der Waals surface area contributed by atoms with Crippen molar-refractivity contribution < 1.29 is 18.3 Å². The molecule has 6 nitrogen and oxygen atoms in total. The second-order valence-electron chi connectivity index (χ2n) is 6.37. The highest BCUT2D eigenvalue weighted by atomic mass is 19.3. The number of halogens is 2. The van der Waals surface area contributed by atoms with E-state index in [2.05, 4.69) is 10.4 Å². The number of hydrogen-bond donors (Lipinski definition) is 2. The number of methoxy groups -OCH3 is 1. The molecule has 1 amide bonds. The summed E-state index contributed by atoms with van der Waals surface area (Å²) >= 11 is 0. The number of rotatable bonds is 8. The van der Waals surface area contributed by atoms with Gasteiger partial charge in [0.05, 0.1) is 25.0 Å². The summed E-state index contributed by atoms with van der Waals surface area (Å²) in [4.78, 5) is 11.2. The van der Waals surface area contributed by atoms with Crippen LogP contribution in [0.4, 0.5) is 8.78 Å². The van der Waals surface area contributed by atoms with Gasteiger partial charge in [0.25, 0.3) is 6.43 Å². The standard InChI is InChI=1S/C21H22F2N4O2/c1-29-17-8-6-16(7-9-17)27-19(12-18(26-27)21(22)23)15-4-2-14(3-5-15)10-11-25-20(28)13-24/h2-9,12,21H,10-11,13,24H2,1H3,(H,25,28). The molecule has 0 saturated heterocycles. The highest BCUT2D eigenvalue weighted by Crippen LogP contribution is 2.29. The van der Waals surface area contributed by atoms with Crippen molar-refractivity contribution in [1.82, 2.24) is 15.1 Å². The molecule has 3 rings (SSSR count). The second-order valence-corrected chi connectivity index (χ2v) is 6.37. The van der Waals surface area contributed by atoms with Gasteiger partial charge in [-0.25, -0.2) is 13.5 Å². The average molecular weight is 400 g/mol. The summed E-state index contributed by atoms with van der Waals surface area (Å²) in [6, 6.07) is 15.9. The summed E-state index contributed by atoms with van der Waals surface area (Å²) < 4.78 is 33.2. The first-order valence-electron chi connectivity index (χ1n) is 9.10. The Balaban J connectivity index is 1.86. The molecule has 2 aromatic carbocycles. The molecule has 0 aliphatic rings. The van der Waals surface area contributed by atoms with E-state index in [1.807, 2.05) is 24.3 Å². The van der Waals surface area contributed by atoms with Crippen LogP contribution in [0, 0.1) is 0 Å². The van der Waals surface area contributed by atoms with Gasteiger partial charge in [0.1, 0.15) is 11.4 Å². The third-order valence-corrected chi connectivity index (χ3v) is 4.44. The van der Waals surface area contributed by atoms with Crippen molar-refractivity contribution in [3.8, 4) is 22.7 Å². The number of nitrogens with two attached hydrogens (primary N) is 1. The molecule has 3 N–H and O–H groups in total. The Kier molecular flexibility index (Phi) is 6.56. The van der Waals surface area contributed by atoms with Gasteiger partial charge in [-0.1, -0.05) is 24.3 Å². The summed E-state index contributed by atoms with van der Waals surface area (Å²) in [5, 5.41) is 6.79. The smallest absolute Gasteiger partial charge is 0.282 e. The van der Waals surface area contributed by atoms with Crippen molar-refractivity contribution in [3.63, 3.8) is 0 Å². The first-order valence-corrected chi connectivity index (χ1v) is 9.10. The lowest BCUT2D eigenvalue weighted by Crippen LogP contribution is -2.31. The quantitative estimate of drug-likeness (QED) is 0.609. The fourth-order valence-electron chi connectivity index (χ4n) is 2.89. The number of carbonyl (C=O) groups excluding carboxylic acids is 1. The van der Waals surface area contributed by atoms with Crippen LogP contribution in [0.3, 0.4) is 0 Å². The maximum Gasteiger partial charge on any atom is 0.282 e. The van der Waals surface area contributed by atoms with Crippen LogP contribution in [0.25, 0.3) is 16.9 Å². The molecule has 0 bridgehead atoms. The Morgan fingerprint density at radius 3 is 2.45 bits per heavy atom. The van der Waals surface area contributed by atoms with Gasteiger partial charge in [-0.2, -0.15) is 5.10 Å². The molecule has 1 heterocycles. The van der Waals surface area contributed by atoms with E-state index in [4.69, 9.17) is 10.5 Å². The van der Waals surface area contributed by atoms with E-state index in [0.29, 0.717) is 30.1 Å². The van der Waals surface area contributed by atoms with Crippen LogP contribution < -0.4 is 15.8 Å².